The minimum absolute atomic E-state index is 0.175. The zero-order valence-corrected chi connectivity index (χ0v) is 19.3. The quantitative estimate of drug-likeness (QED) is 0.285. The van der Waals surface area contributed by atoms with Crippen LogP contribution in [-0.4, -0.2) is 39.0 Å². The van der Waals surface area contributed by atoms with Gasteiger partial charge in [0.05, 0.1) is 17.9 Å². The highest BCUT2D eigenvalue weighted by Gasteiger charge is 2.18. The van der Waals surface area contributed by atoms with E-state index < -0.39 is 0 Å². The number of hydrogen-bond acceptors (Lipinski definition) is 7. The fourth-order valence-electron chi connectivity index (χ4n) is 2.85. The molecule has 0 aliphatic heterocycles. The van der Waals surface area contributed by atoms with Gasteiger partial charge in [-0.15, -0.1) is 28.1 Å². The summed E-state index contributed by atoms with van der Waals surface area (Å²) in [7, 11) is 0. The molecule has 0 aliphatic rings. The second kappa shape index (κ2) is 10.4. The summed E-state index contributed by atoms with van der Waals surface area (Å²) in [6.07, 6.45) is 1.79. The Balaban J connectivity index is 1.65. The van der Waals surface area contributed by atoms with Crippen molar-refractivity contribution in [3.05, 3.63) is 58.3 Å². The molecule has 9 heteroatoms. The zero-order chi connectivity index (χ0) is 22.4. The average molecular weight is 457 g/mol. The lowest BCUT2D eigenvalue weighted by molar-refractivity contribution is -0.113. The van der Waals surface area contributed by atoms with Gasteiger partial charge in [0, 0.05) is 28.1 Å². The van der Waals surface area contributed by atoms with Crippen molar-refractivity contribution >= 4 is 40.7 Å². The lowest BCUT2D eigenvalue weighted by Gasteiger charge is -2.08. The third kappa shape index (κ3) is 5.42. The largest absolute Gasteiger partial charge is 0.462 e. The molecule has 0 spiro atoms. The number of anilines is 1. The van der Waals surface area contributed by atoms with Crippen molar-refractivity contribution < 1.29 is 14.3 Å². The fourth-order valence-corrected chi connectivity index (χ4v) is 4.47. The Kier molecular flexibility index (Phi) is 7.64. The van der Waals surface area contributed by atoms with E-state index >= 15 is 0 Å². The molecule has 1 N–H and O–H groups in total. The number of thioether (sulfide) groups is 1. The van der Waals surface area contributed by atoms with Gasteiger partial charge in [-0.05, 0) is 50.6 Å². The van der Waals surface area contributed by atoms with E-state index in [0.29, 0.717) is 29.6 Å². The van der Waals surface area contributed by atoms with Crippen molar-refractivity contribution in [2.75, 3.05) is 17.7 Å². The molecule has 0 bridgehead atoms. The second-order valence-corrected chi connectivity index (χ2v) is 8.70. The molecule has 2 heterocycles. The molecular formula is C22H24N4O3S2. The summed E-state index contributed by atoms with van der Waals surface area (Å²) in [6, 6.07) is 6.60. The number of thiophene rings is 1. The van der Waals surface area contributed by atoms with E-state index in [4.69, 9.17) is 4.74 Å². The Hall–Kier alpha value is -2.91. The normalized spacial score (nSPS) is 10.7. The molecule has 1 amide bonds. The number of carbonyl (C=O) groups excluding carboxylic acids is 2. The number of aromatic nitrogens is 3. The van der Waals surface area contributed by atoms with E-state index in [0.717, 1.165) is 11.4 Å². The Labute approximate surface area is 189 Å². The summed E-state index contributed by atoms with van der Waals surface area (Å²) in [5, 5.41) is 14.2. The number of carbonyl (C=O) groups is 2. The van der Waals surface area contributed by atoms with Crippen LogP contribution in [0.4, 0.5) is 5.69 Å². The lowest BCUT2D eigenvalue weighted by Crippen LogP contribution is -2.15. The molecule has 0 unspecified atom stereocenters. The Morgan fingerprint density at radius 3 is 2.61 bits per heavy atom. The van der Waals surface area contributed by atoms with Gasteiger partial charge in [0.25, 0.3) is 0 Å². The number of nitrogens with one attached hydrogen (secondary N) is 1. The fraction of sp³-hybridized carbons (Fsp3) is 0.273. The Bertz CT molecular complexity index is 1090. The number of aryl methyl sites for hydroxylation is 1. The van der Waals surface area contributed by atoms with Crippen LogP contribution in [0.5, 0.6) is 0 Å². The standard InChI is InChI=1S/C22H24N4O3S2/c1-5-11-26-20(18-12-30-15(4)14(18)3)24-25-22(26)31-13-19(27)23-17-9-7-16(8-10-17)21(28)29-6-2/h5,7-10,12H,1,6,11,13H2,2-4H3,(H,23,27). The Morgan fingerprint density at radius 2 is 2.00 bits per heavy atom. The molecular weight excluding hydrogens is 432 g/mol. The number of nitrogens with zero attached hydrogens (tertiary/aromatic N) is 3. The van der Waals surface area contributed by atoms with Crippen LogP contribution in [0.2, 0.25) is 0 Å². The summed E-state index contributed by atoms with van der Waals surface area (Å²) in [5.41, 5.74) is 3.28. The van der Waals surface area contributed by atoms with Gasteiger partial charge >= 0.3 is 5.97 Å². The summed E-state index contributed by atoms with van der Waals surface area (Å²) in [4.78, 5) is 25.4. The third-order valence-electron chi connectivity index (χ3n) is 4.57. The monoisotopic (exact) mass is 456 g/mol. The van der Waals surface area contributed by atoms with Gasteiger partial charge in [0.2, 0.25) is 5.91 Å². The van der Waals surface area contributed by atoms with Gasteiger partial charge in [0.1, 0.15) is 0 Å². The maximum atomic E-state index is 12.4. The number of allylic oxidation sites excluding steroid dienone is 1. The highest BCUT2D eigenvalue weighted by atomic mass is 32.2. The number of ether oxygens (including phenoxy) is 1. The first-order valence-corrected chi connectivity index (χ1v) is 11.6. The van der Waals surface area contributed by atoms with Crippen molar-refractivity contribution in [3.8, 4) is 11.4 Å². The first-order valence-electron chi connectivity index (χ1n) is 9.73. The predicted molar refractivity (Wildman–Crippen MR) is 125 cm³/mol. The minimum Gasteiger partial charge on any atom is -0.462 e. The van der Waals surface area contributed by atoms with E-state index in [2.05, 4.69) is 41.3 Å². The van der Waals surface area contributed by atoms with Gasteiger partial charge in [-0.25, -0.2) is 4.79 Å². The van der Waals surface area contributed by atoms with Crippen molar-refractivity contribution in [1.82, 2.24) is 14.8 Å². The first-order chi connectivity index (χ1) is 14.9. The van der Waals surface area contributed by atoms with Crippen LogP contribution in [0.15, 0.2) is 47.5 Å². The SMILES string of the molecule is C=CCn1c(SCC(=O)Nc2ccc(C(=O)OCC)cc2)nnc1-c1csc(C)c1C. The summed E-state index contributed by atoms with van der Waals surface area (Å²) < 4.78 is 6.92. The molecule has 0 saturated carbocycles. The van der Waals surface area contributed by atoms with Crippen LogP contribution < -0.4 is 5.32 Å². The molecule has 3 aromatic rings. The van der Waals surface area contributed by atoms with Crippen molar-refractivity contribution in [2.24, 2.45) is 0 Å². The maximum absolute atomic E-state index is 12.4. The minimum atomic E-state index is -0.385. The van der Waals surface area contributed by atoms with Gasteiger partial charge in [0.15, 0.2) is 11.0 Å². The highest BCUT2D eigenvalue weighted by Crippen LogP contribution is 2.31. The number of esters is 1. The van der Waals surface area contributed by atoms with E-state index in [-0.39, 0.29) is 17.6 Å². The van der Waals surface area contributed by atoms with E-state index in [9.17, 15) is 9.59 Å². The smallest absolute Gasteiger partial charge is 0.338 e. The van der Waals surface area contributed by atoms with Gasteiger partial charge in [-0.1, -0.05) is 17.8 Å². The van der Waals surface area contributed by atoms with Gasteiger partial charge < -0.3 is 10.1 Å². The van der Waals surface area contributed by atoms with Crippen LogP contribution in [0.25, 0.3) is 11.4 Å². The topological polar surface area (TPSA) is 86.1 Å². The second-order valence-electron chi connectivity index (χ2n) is 6.67. The van der Waals surface area contributed by atoms with Crippen LogP contribution in [0.3, 0.4) is 0 Å². The molecule has 31 heavy (non-hydrogen) atoms. The van der Waals surface area contributed by atoms with Crippen LogP contribution in [-0.2, 0) is 16.1 Å². The van der Waals surface area contributed by atoms with Crippen LogP contribution in [0, 0.1) is 13.8 Å². The average Bonchev–Trinajstić information content (AvgIpc) is 3.30. The molecule has 7 nitrogen and oxygen atoms in total. The van der Waals surface area contributed by atoms with E-state index in [1.165, 1.54) is 22.2 Å². The molecule has 0 aliphatic carbocycles. The number of amides is 1. The molecule has 162 valence electrons. The molecule has 0 atom stereocenters. The predicted octanol–water partition coefficient (Wildman–Crippen LogP) is 4.72. The number of rotatable bonds is 9. The van der Waals surface area contributed by atoms with Crippen LogP contribution >= 0.6 is 23.1 Å². The highest BCUT2D eigenvalue weighted by molar-refractivity contribution is 7.99. The number of benzene rings is 1. The molecule has 0 saturated heterocycles. The summed E-state index contributed by atoms with van der Waals surface area (Å²) >= 11 is 3.00. The van der Waals surface area contributed by atoms with E-state index in [1.807, 2.05) is 4.57 Å². The van der Waals surface area contributed by atoms with E-state index in [1.54, 1.807) is 48.6 Å². The zero-order valence-electron chi connectivity index (χ0n) is 17.7. The maximum Gasteiger partial charge on any atom is 0.338 e. The molecule has 0 radical (unpaired) electrons. The van der Waals surface area contributed by atoms with Crippen molar-refractivity contribution in [3.63, 3.8) is 0 Å². The molecule has 3 rings (SSSR count). The number of hydrogen-bond donors (Lipinski definition) is 1. The Morgan fingerprint density at radius 1 is 1.26 bits per heavy atom. The summed E-state index contributed by atoms with van der Waals surface area (Å²) in [6.45, 7) is 10.6. The summed E-state index contributed by atoms with van der Waals surface area (Å²) in [5.74, 6) is 0.394. The molecule has 1 aromatic carbocycles. The third-order valence-corrected chi connectivity index (χ3v) is 6.55. The first kappa shape index (κ1) is 22.8. The van der Waals surface area contributed by atoms with Gasteiger partial charge in [-0.2, -0.15) is 0 Å². The lowest BCUT2D eigenvalue weighted by atomic mass is 10.1. The van der Waals surface area contributed by atoms with Crippen molar-refractivity contribution in [1.29, 1.82) is 0 Å². The van der Waals surface area contributed by atoms with Crippen LogP contribution in [0.1, 0.15) is 27.7 Å². The molecule has 0 fully saturated rings. The van der Waals surface area contributed by atoms with Crippen molar-refractivity contribution in [2.45, 2.75) is 32.5 Å². The molecule has 2 aromatic heterocycles. The van der Waals surface area contributed by atoms with Gasteiger partial charge in [-0.3, -0.25) is 9.36 Å².